The van der Waals surface area contributed by atoms with Crippen LogP contribution in [0.2, 0.25) is 0 Å². The lowest BCUT2D eigenvalue weighted by atomic mass is 9.35. The van der Waals surface area contributed by atoms with Crippen LogP contribution in [-0.2, 0) is 38.4 Å². The fraction of sp³-hybridized carbons (Fsp3) is 0.625. The van der Waals surface area contributed by atoms with Gasteiger partial charge in [-0.25, -0.2) is 9.59 Å². The van der Waals surface area contributed by atoms with Gasteiger partial charge in [-0.3, -0.25) is 19.2 Å². The highest BCUT2D eigenvalue weighted by molar-refractivity contribution is 6.02. The van der Waals surface area contributed by atoms with Gasteiger partial charge in [-0.15, -0.1) is 10.1 Å². The summed E-state index contributed by atoms with van der Waals surface area (Å²) in [7, 11) is 0. The maximum atomic E-state index is 12.2. The molecule has 0 aromatic rings. The molecule has 10 heteroatoms. The third-order valence-corrected chi connectivity index (χ3v) is 5.06. The molecule has 4 rings (SSSR count). The molecular weight excluding hydrogens is 348 g/mol. The fourth-order valence-electron chi connectivity index (χ4n) is 3.70. The van der Waals surface area contributed by atoms with Crippen LogP contribution in [0.25, 0.3) is 0 Å². The van der Waals surface area contributed by atoms with Crippen molar-refractivity contribution in [2.24, 2.45) is 10.8 Å². The molecule has 4 amide bonds. The van der Waals surface area contributed by atoms with Crippen LogP contribution in [0, 0.1) is 10.8 Å². The first-order valence-corrected chi connectivity index (χ1v) is 8.35. The first-order valence-electron chi connectivity index (χ1n) is 8.35. The molecule has 26 heavy (non-hydrogen) atoms. The molecule has 0 radical (unpaired) electrons. The number of hydrogen-bond donors (Lipinski definition) is 0. The zero-order valence-corrected chi connectivity index (χ0v) is 14.2. The summed E-state index contributed by atoms with van der Waals surface area (Å²) in [4.78, 5) is 79.8. The van der Waals surface area contributed by atoms with E-state index in [-0.39, 0.29) is 44.9 Å². The second-order valence-electron chi connectivity index (χ2n) is 7.01. The molecule has 1 aliphatic heterocycles. The van der Waals surface area contributed by atoms with E-state index >= 15 is 0 Å². The number of hydrogen-bond acceptors (Lipinski definition) is 8. The molecule has 0 N–H and O–H groups in total. The Balaban J connectivity index is 1.54. The van der Waals surface area contributed by atoms with Gasteiger partial charge in [0.2, 0.25) is 0 Å². The van der Waals surface area contributed by atoms with Gasteiger partial charge in [0.15, 0.2) is 0 Å². The molecule has 4 aliphatic rings. The molecule has 0 aromatic carbocycles. The van der Waals surface area contributed by atoms with Crippen LogP contribution in [-0.4, -0.2) is 46.2 Å². The Kier molecular flexibility index (Phi) is 4.29. The molecule has 0 spiro atoms. The highest BCUT2D eigenvalue weighted by Crippen LogP contribution is 2.74. The first-order chi connectivity index (χ1) is 12.3. The van der Waals surface area contributed by atoms with E-state index in [1.54, 1.807) is 6.92 Å². The quantitative estimate of drug-likeness (QED) is 0.365. The summed E-state index contributed by atoms with van der Waals surface area (Å²) >= 11 is 0. The van der Waals surface area contributed by atoms with Crippen molar-refractivity contribution in [3.8, 4) is 0 Å². The van der Waals surface area contributed by atoms with Crippen molar-refractivity contribution in [3.05, 3.63) is 0 Å². The number of imide groups is 2. The lowest BCUT2D eigenvalue weighted by Gasteiger charge is -2.65. The summed E-state index contributed by atoms with van der Waals surface area (Å²) in [6.45, 7) is 1.75. The van der Waals surface area contributed by atoms with Gasteiger partial charge < -0.3 is 9.68 Å². The van der Waals surface area contributed by atoms with E-state index in [2.05, 4.69) is 0 Å². The third-order valence-electron chi connectivity index (χ3n) is 5.06. The van der Waals surface area contributed by atoms with Crippen molar-refractivity contribution < 1.29 is 38.4 Å². The summed E-state index contributed by atoms with van der Waals surface area (Å²) in [5.74, 6) is -3.25. The van der Waals surface area contributed by atoms with Crippen molar-refractivity contribution in [1.29, 1.82) is 0 Å². The second-order valence-corrected chi connectivity index (χ2v) is 7.01. The molecule has 2 bridgehead atoms. The van der Waals surface area contributed by atoms with Gasteiger partial charge in [-0.1, -0.05) is 6.92 Å². The first kappa shape index (κ1) is 18.0. The fourth-order valence-corrected chi connectivity index (χ4v) is 3.70. The summed E-state index contributed by atoms with van der Waals surface area (Å²) in [6, 6.07) is 0. The predicted molar refractivity (Wildman–Crippen MR) is 79.8 cm³/mol. The lowest BCUT2D eigenvalue weighted by Crippen LogP contribution is -2.70. The number of carbonyl (C=O) groups is 6. The summed E-state index contributed by atoms with van der Waals surface area (Å²) in [5.41, 5.74) is -1.87. The summed E-state index contributed by atoms with van der Waals surface area (Å²) in [6.07, 6.45) is 1.08. The van der Waals surface area contributed by atoms with Crippen LogP contribution in [0.1, 0.15) is 51.9 Å². The van der Waals surface area contributed by atoms with E-state index in [1.165, 1.54) is 0 Å². The van der Waals surface area contributed by atoms with Crippen molar-refractivity contribution in [2.75, 3.05) is 0 Å². The van der Waals surface area contributed by atoms with E-state index in [0.717, 1.165) is 0 Å². The van der Waals surface area contributed by atoms with Crippen molar-refractivity contribution in [1.82, 2.24) is 10.1 Å². The zero-order chi connectivity index (χ0) is 19.1. The average Bonchev–Trinajstić information content (AvgIpc) is 2.82. The average molecular weight is 366 g/mol. The lowest BCUT2D eigenvalue weighted by molar-refractivity contribution is -0.264. The minimum Gasteiger partial charge on any atom is -0.330 e. The Morgan fingerprint density at radius 3 is 2.12 bits per heavy atom. The number of nitrogens with zero attached hydrogens (tertiary/aromatic N) is 2. The molecule has 10 nitrogen and oxygen atoms in total. The SMILES string of the molecule is CCCC(=O)N(C=O)OC(=O)C12CC(C(=O)ON3C(=O)CCC3=O)(C1)C2. The van der Waals surface area contributed by atoms with Gasteiger partial charge in [-0.2, -0.15) is 0 Å². The molecule has 140 valence electrons. The van der Waals surface area contributed by atoms with Crippen LogP contribution in [0.4, 0.5) is 0 Å². The standard InChI is InChI=1S/C16H18N2O8/c1-2-3-10(20)17(9-19)25-13(23)15-6-16(7-15,8-15)14(24)26-18-11(21)4-5-12(18)22/h9H,2-8H2,1H3. The van der Waals surface area contributed by atoms with Crippen molar-refractivity contribution in [2.45, 2.75) is 51.9 Å². The van der Waals surface area contributed by atoms with E-state index in [1.807, 2.05) is 0 Å². The minimum atomic E-state index is -0.939. The molecule has 1 heterocycles. The Bertz CT molecular complexity index is 679. The Morgan fingerprint density at radius 1 is 1.08 bits per heavy atom. The van der Waals surface area contributed by atoms with Crippen LogP contribution in [0.5, 0.6) is 0 Å². The molecule has 4 fully saturated rings. The maximum Gasteiger partial charge on any atom is 0.339 e. The van der Waals surface area contributed by atoms with E-state index < -0.39 is 40.5 Å². The molecule has 1 saturated heterocycles. The second kappa shape index (κ2) is 6.19. The Labute approximate surface area is 148 Å². The van der Waals surface area contributed by atoms with Crippen LogP contribution in [0.3, 0.4) is 0 Å². The molecule has 0 atom stereocenters. The minimum absolute atomic E-state index is 0.00267. The summed E-state index contributed by atoms with van der Waals surface area (Å²) in [5, 5.41) is 0.851. The highest BCUT2D eigenvalue weighted by Gasteiger charge is 2.77. The monoisotopic (exact) mass is 366 g/mol. The van der Waals surface area contributed by atoms with Gasteiger partial charge in [0.25, 0.3) is 24.1 Å². The van der Waals surface area contributed by atoms with Gasteiger partial charge in [0, 0.05) is 19.3 Å². The zero-order valence-electron chi connectivity index (χ0n) is 14.2. The van der Waals surface area contributed by atoms with Crippen molar-refractivity contribution >= 4 is 36.1 Å². The maximum absolute atomic E-state index is 12.2. The van der Waals surface area contributed by atoms with Gasteiger partial charge in [0.1, 0.15) is 0 Å². The number of hydroxylamine groups is 4. The molecule has 3 aliphatic carbocycles. The predicted octanol–water partition coefficient (Wildman–Crippen LogP) is 0.00720. The topological polar surface area (TPSA) is 127 Å². The molecular formula is C16H18N2O8. The largest absolute Gasteiger partial charge is 0.339 e. The van der Waals surface area contributed by atoms with Gasteiger partial charge in [-0.05, 0) is 25.7 Å². The van der Waals surface area contributed by atoms with Crippen LogP contribution >= 0.6 is 0 Å². The Morgan fingerprint density at radius 2 is 1.62 bits per heavy atom. The third kappa shape index (κ3) is 2.65. The normalized spacial score (nSPS) is 28.7. The number of carbonyl (C=O) groups excluding carboxylic acids is 6. The Hall–Kier alpha value is -2.78. The number of rotatable bonds is 6. The van der Waals surface area contributed by atoms with Crippen LogP contribution in [0.15, 0.2) is 0 Å². The van der Waals surface area contributed by atoms with Gasteiger partial charge >= 0.3 is 11.9 Å². The van der Waals surface area contributed by atoms with Crippen LogP contribution < -0.4 is 0 Å². The molecule has 0 unspecified atom stereocenters. The van der Waals surface area contributed by atoms with E-state index in [4.69, 9.17) is 9.68 Å². The van der Waals surface area contributed by atoms with Gasteiger partial charge in [0.05, 0.1) is 10.8 Å². The van der Waals surface area contributed by atoms with Crippen molar-refractivity contribution in [3.63, 3.8) is 0 Å². The number of amides is 4. The highest BCUT2D eigenvalue weighted by atomic mass is 16.7. The van der Waals surface area contributed by atoms with E-state index in [9.17, 15) is 28.8 Å². The summed E-state index contributed by atoms with van der Waals surface area (Å²) < 4.78 is 0. The smallest absolute Gasteiger partial charge is 0.330 e. The van der Waals surface area contributed by atoms with E-state index in [0.29, 0.717) is 16.5 Å². The molecule has 0 aromatic heterocycles. The molecule has 3 saturated carbocycles.